The number of aromatic hydroxyl groups is 1. The first-order chi connectivity index (χ1) is 7.50. The van der Waals surface area contributed by atoms with Crippen LogP contribution in [0.2, 0.25) is 0 Å². The van der Waals surface area contributed by atoms with Gasteiger partial charge in [-0.05, 0) is 19.1 Å². The summed E-state index contributed by atoms with van der Waals surface area (Å²) in [7, 11) is 0. The van der Waals surface area contributed by atoms with Gasteiger partial charge in [0, 0.05) is 17.4 Å². The van der Waals surface area contributed by atoms with Crippen molar-refractivity contribution >= 4 is 22.3 Å². The molecule has 0 spiro atoms. The number of benzene rings is 1. The standard InChI is InChI=1S/C10H9N3O3/c1-5-4-6(11)9-7(13(15)16)2-3-8(14)10(9)12-5/h2-4,14H,1H3,(H2,11,12). The third-order valence-electron chi connectivity index (χ3n) is 2.27. The highest BCUT2D eigenvalue weighted by molar-refractivity contribution is 6.00. The number of pyridine rings is 1. The molecule has 0 radical (unpaired) electrons. The second-order valence-electron chi connectivity index (χ2n) is 3.44. The summed E-state index contributed by atoms with van der Waals surface area (Å²) >= 11 is 0. The van der Waals surface area contributed by atoms with Crippen molar-refractivity contribution in [2.75, 3.05) is 5.73 Å². The van der Waals surface area contributed by atoms with Gasteiger partial charge >= 0.3 is 0 Å². The number of nitro benzene ring substituents is 1. The Morgan fingerprint density at radius 1 is 1.50 bits per heavy atom. The minimum Gasteiger partial charge on any atom is -0.506 e. The summed E-state index contributed by atoms with van der Waals surface area (Å²) in [5, 5.41) is 20.6. The van der Waals surface area contributed by atoms with E-state index in [0.29, 0.717) is 5.69 Å². The molecule has 0 bridgehead atoms. The second-order valence-corrected chi connectivity index (χ2v) is 3.44. The highest BCUT2D eigenvalue weighted by Gasteiger charge is 2.18. The Morgan fingerprint density at radius 2 is 2.19 bits per heavy atom. The van der Waals surface area contributed by atoms with Crippen LogP contribution in [0, 0.1) is 17.0 Å². The molecule has 2 rings (SSSR count). The van der Waals surface area contributed by atoms with E-state index >= 15 is 0 Å². The Labute approximate surface area is 90.5 Å². The molecule has 0 amide bonds. The van der Waals surface area contributed by atoms with Crippen molar-refractivity contribution in [3.8, 4) is 5.75 Å². The topological polar surface area (TPSA) is 102 Å². The van der Waals surface area contributed by atoms with Crippen molar-refractivity contribution in [3.05, 3.63) is 34.0 Å². The summed E-state index contributed by atoms with van der Waals surface area (Å²) in [4.78, 5) is 14.3. The molecule has 6 heteroatoms. The Balaban J connectivity index is 2.98. The number of nitro groups is 1. The fourth-order valence-corrected chi connectivity index (χ4v) is 1.63. The summed E-state index contributed by atoms with van der Waals surface area (Å²) < 4.78 is 0. The summed E-state index contributed by atoms with van der Waals surface area (Å²) in [5.74, 6) is -0.115. The molecular formula is C10H9N3O3. The number of anilines is 1. The number of nitrogens with two attached hydrogens (primary N) is 1. The molecule has 2 aromatic rings. The third-order valence-corrected chi connectivity index (χ3v) is 2.27. The monoisotopic (exact) mass is 219 g/mol. The van der Waals surface area contributed by atoms with Crippen LogP contribution in [0.4, 0.5) is 11.4 Å². The maximum absolute atomic E-state index is 10.8. The van der Waals surface area contributed by atoms with Gasteiger partial charge in [-0.3, -0.25) is 10.1 Å². The van der Waals surface area contributed by atoms with Crippen LogP contribution in [0.15, 0.2) is 18.2 Å². The Morgan fingerprint density at radius 3 is 2.81 bits per heavy atom. The smallest absolute Gasteiger partial charge is 0.281 e. The predicted molar refractivity (Wildman–Crippen MR) is 59.2 cm³/mol. The fourth-order valence-electron chi connectivity index (χ4n) is 1.63. The van der Waals surface area contributed by atoms with Crippen molar-refractivity contribution in [3.63, 3.8) is 0 Å². The second kappa shape index (κ2) is 3.34. The van der Waals surface area contributed by atoms with E-state index in [9.17, 15) is 15.2 Å². The van der Waals surface area contributed by atoms with Crippen molar-refractivity contribution < 1.29 is 10.0 Å². The molecule has 82 valence electrons. The quantitative estimate of drug-likeness (QED) is 0.561. The molecule has 0 saturated heterocycles. The molecule has 16 heavy (non-hydrogen) atoms. The molecule has 1 aromatic heterocycles. The molecule has 0 saturated carbocycles. The molecule has 0 unspecified atom stereocenters. The van der Waals surface area contributed by atoms with Crippen LogP contribution >= 0.6 is 0 Å². The fraction of sp³-hybridized carbons (Fsp3) is 0.100. The van der Waals surface area contributed by atoms with Gasteiger partial charge in [0.1, 0.15) is 16.7 Å². The normalized spacial score (nSPS) is 10.6. The van der Waals surface area contributed by atoms with Crippen molar-refractivity contribution in [2.24, 2.45) is 0 Å². The molecule has 0 aliphatic heterocycles. The molecule has 0 aliphatic rings. The van der Waals surface area contributed by atoms with Crippen molar-refractivity contribution in [2.45, 2.75) is 6.92 Å². The molecule has 0 aliphatic carbocycles. The maximum Gasteiger partial charge on any atom is 0.281 e. The number of nitrogens with zero attached hydrogens (tertiary/aromatic N) is 2. The number of fused-ring (bicyclic) bond motifs is 1. The zero-order chi connectivity index (χ0) is 11.9. The highest BCUT2D eigenvalue weighted by Crippen LogP contribution is 2.34. The van der Waals surface area contributed by atoms with Gasteiger partial charge in [0.2, 0.25) is 0 Å². The Kier molecular flexibility index (Phi) is 2.12. The number of hydrogen-bond donors (Lipinski definition) is 2. The van der Waals surface area contributed by atoms with E-state index in [2.05, 4.69) is 4.98 Å². The van der Waals surface area contributed by atoms with E-state index in [1.165, 1.54) is 18.2 Å². The lowest BCUT2D eigenvalue weighted by molar-refractivity contribution is -0.383. The largest absolute Gasteiger partial charge is 0.506 e. The lowest BCUT2D eigenvalue weighted by Gasteiger charge is -2.05. The van der Waals surface area contributed by atoms with E-state index in [0.717, 1.165) is 0 Å². The number of aryl methyl sites for hydroxylation is 1. The molecule has 0 atom stereocenters. The molecule has 6 nitrogen and oxygen atoms in total. The number of hydrogen-bond acceptors (Lipinski definition) is 5. The van der Waals surface area contributed by atoms with E-state index in [4.69, 9.17) is 5.73 Å². The summed E-state index contributed by atoms with van der Waals surface area (Å²) in [6, 6.07) is 3.99. The summed E-state index contributed by atoms with van der Waals surface area (Å²) in [5.41, 5.74) is 6.55. The van der Waals surface area contributed by atoms with Gasteiger partial charge in [-0.2, -0.15) is 0 Å². The highest BCUT2D eigenvalue weighted by atomic mass is 16.6. The number of non-ortho nitro benzene ring substituents is 1. The minimum absolute atomic E-state index is 0.115. The number of phenolic OH excluding ortho intramolecular Hbond substituents is 1. The van der Waals surface area contributed by atoms with E-state index in [-0.39, 0.29) is 28.0 Å². The van der Waals surface area contributed by atoms with E-state index in [1.54, 1.807) is 6.92 Å². The van der Waals surface area contributed by atoms with Gasteiger partial charge in [-0.1, -0.05) is 0 Å². The molecular weight excluding hydrogens is 210 g/mol. The first-order valence-electron chi connectivity index (χ1n) is 4.54. The van der Waals surface area contributed by atoms with Gasteiger partial charge < -0.3 is 10.8 Å². The van der Waals surface area contributed by atoms with Gasteiger partial charge in [-0.25, -0.2) is 4.98 Å². The molecule has 0 fully saturated rings. The van der Waals surface area contributed by atoms with Crippen LogP contribution in [-0.2, 0) is 0 Å². The molecule has 1 heterocycles. The van der Waals surface area contributed by atoms with Gasteiger partial charge in [0.15, 0.2) is 0 Å². The minimum atomic E-state index is -0.546. The number of rotatable bonds is 1. The Hall–Kier alpha value is -2.37. The lowest BCUT2D eigenvalue weighted by atomic mass is 10.1. The van der Waals surface area contributed by atoms with E-state index in [1.807, 2.05) is 0 Å². The zero-order valence-electron chi connectivity index (χ0n) is 8.47. The first-order valence-corrected chi connectivity index (χ1v) is 4.54. The predicted octanol–water partition coefficient (Wildman–Crippen LogP) is 1.74. The first kappa shape index (κ1) is 10.2. The van der Waals surface area contributed by atoms with Gasteiger partial charge in [0.05, 0.1) is 4.92 Å². The molecule has 3 N–H and O–H groups in total. The maximum atomic E-state index is 10.8. The SMILES string of the molecule is Cc1cc(N)c2c([N+](=O)[O-])ccc(O)c2n1. The van der Waals surface area contributed by atoms with Crippen LogP contribution in [0.25, 0.3) is 10.9 Å². The lowest BCUT2D eigenvalue weighted by Crippen LogP contribution is -1.97. The summed E-state index contributed by atoms with van der Waals surface area (Å²) in [6.45, 7) is 1.70. The number of phenols is 1. The average Bonchev–Trinajstić information content (AvgIpc) is 2.19. The van der Waals surface area contributed by atoms with Crippen molar-refractivity contribution in [1.82, 2.24) is 4.98 Å². The van der Waals surface area contributed by atoms with Gasteiger partial charge in [-0.15, -0.1) is 0 Å². The summed E-state index contributed by atoms with van der Waals surface area (Å²) in [6.07, 6.45) is 0. The van der Waals surface area contributed by atoms with Crippen LogP contribution in [0.3, 0.4) is 0 Å². The number of aromatic nitrogens is 1. The average molecular weight is 219 g/mol. The van der Waals surface area contributed by atoms with Crippen LogP contribution < -0.4 is 5.73 Å². The third kappa shape index (κ3) is 1.40. The van der Waals surface area contributed by atoms with E-state index < -0.39 is 4.92 Å². The molecule has 1 aromatic carbocycles. The Bertz CT molecular complexity index is 595. The van der Waals surface area contributed by atoms with Crippen LogP contribution in [0.1, 0.15) is 5.69 Å². The van der Waals surface area contributed by atoms with Gasteiger partial charge in [0.25, 0.3) is 5.69 Å². The van der Waals surface area contributed by atoms with Crippen molar-refractivity contribution in [1.29, 1.82) is 0 Å². The number of nitrogen functional groups attached to an aromatic ring is 1. The van der Waals surface area contributed by atoms with Crippen LogP contribution in [-0.4, -0.2) is 15.0 Å². The van der Waals surface area contributed by atoms with Crippen LogP contribution in [0.5, 0.6) is 5.75 Å². The zero-order valence-corrected chi connectivity index (χ0v) is 8.47.